The predicted molar refractivity (Wildman–Crippen MR) is 113 cm³/mol. The van der Waals surface area contributed by atoms with Gasteiger partial charge in [-0.1, -0.05) is 29.8 Å². The number of aromatic amines is 1. The van der Waals surface area contributed by atoms with Gasteiger partial charge in [-0.05, 0) is 50.5 Å². The van der Waals surface area contributed by atoms with Crippen molar-refractivity contribution in [1.29, 1.82) is 0 Å². The summed E-state index contributed by atoms with van der Waals surface area (Å²) in [4.78, 5) is 29.7. The minimum Gasteiger partial charge on any atom is -0.494 e. The van der Waals surface area contributed by atoms with E-state index in [0.29, 0.717) is 32.5 Å². The molecule has 4 rings (SSSR count). The molecule has 1 saturated heterocycles. The second kappa shape index (κ2) is 8.55. The molecule has 6 nitrogen and oxygen atoms in total. The number of H-pyrrole nitrogens is 1. The van der Waals surface area contributed by atoms with E-state index in [0.717, 1.165) is 29.6 Å². The Morgan fingerprint density at radius 1 is 1.10 bits per heavy atom. The fraction of sp³-hybridized carbons (Fsp3) is 0.391. The van der Waals surface area contributed by atoms with Crippen molar-refractivity contribution in [1.82, 2.24) is 14.5 Å². The Balaban J connectivity index is 1.26. The molecule has 0 bridgehead atoms. The third kappa shape index (κ3) is 4.36. The predicted octanol–water partition coefficient (Wildman–Crippen LogP) is 3.66. The van der Waals surface area contributed by atoms with Gasteiger partial charge >= 0.3 is 5.69 Å². The molecule has 0 saturated carbocycles. The van der Waals surface area contributed by atoms with Crippen LogP contribution in [0.15, 0.2) is 53.3 Å². The smallest absolute Gasteiger partial charge is 0.326 e. The third-order valence-corrected chi connectivity index (χ3v) is 5.63. The molecule has 1 aliphatic heterocycles. The number of nitrogens with one attached hydrogen (secondary N) is 1. The van der Waals surface area contributed by atoms with Crippen molar-refractivity contribution < 1.29 is 9.53 Å². The van der Waals surface area contributed by atoms with E-state index in [-0.39, 0.29) is 17.6 Å². The molecule has 0 aliphatic carbocycles. The van der Waals surface area contributed by atoms with Crippen LogP contribution in [0.2, 0.25) is 0 Å². The number of benzene rings is 2. The van der Waals surface area contributed by atoms with E-state index >= 15 is 0 Å². The lowest BCUT2D eigenvalue weighted by molar-refractivity contribution is -0.132. The van der Waals surface area contributed by atoms with Gasteiger partial charge in [-0.25, -0.2) is 4.79 Å². The molecule has 152 valence electrons. The van der Waals surface area contributed by atoms with Gasteiger partial charge in [0, 0.05) is 25.6 Å². The SMILES string of the molecule is Cc1ccc(OCCCC(=O)N2CCC(n3c(=O)[nH]c4ccccc43)CC2)cc1. The summed E-state index contributed by atoms with van der Waals surface area (Å²) in [5.41, 5.74) is 2.94. The fourth-order valence-corrected chi connectivity index (χ4v) is 4.02. The maximum atomic E-state index is 12.5. The van der Waals surface area contributed by atoms with Crippen molar-refractivity contribution >= 4 is 16.9 Å². The van der Waals surface area contributed by atoms with Crippen LogP contribution in [0.4, 0.5) is 0 Å². The van der Waals surface area contributed by atoms with Gasteiger partial charge in [0.25, 0.3) is 0 Å². The molecule has 0 radical (unpaired) electrons. The zero-order valence-corrected chi connectivity index (χ0v) is 16.8. The summed E-state index contributed by atoms with van der Waals surface area (Å²) >= 11 is 0. The second-order valence-electron chi connectivity index (χ2n) is 7.69. The van der Waals surface area contributed by atoms with Gasteiger partial charge in [0.15, 0.2) is 0 Å². The molecule has 0 atom stereocenters. The van der Waals surface area contributed by atoms with Crippen LogP contribution in [0.5, 0.6) is 5.75 Å². The van der Waals surface area contributed by atoms with Gasteiger partial charge in [-0.2, -0.15) is 0 Å². The standard InChI is InChI=1S/C23H27N3O3/c1-17-8-10-19(11-9-17)29-16-4-7-22(27)25-14-12-18(13-15-25)26-21-6-3-2-5-20(21)24-23(26)28/h2-3,5-6,8-11,18H,4,7,12-16H2,1H3,(H,24,28). The van der Waals surface area contributed by atoms with Crippen LogP contribution in [0.1, 0.15) is 37.3 Å². The Bertz CT molecular complexity index is 1030. The van der Waals surface area contributed by atoms with Crippen molar-refractivity contribution in [2.24, 2.45) is 0 Å². The first-order valence-electron chi connectivity index (χ1n) is 10.3. The fourth-order valence-electron chi connectivity index (χ4n) is 4.02. The number of para-hydroxylation sites is 2. The normalized spacial score (nSPS) is 15.0. The summed E-state index contributed by atoms with van der Waals surface area (Å²) < 4.78 is 7.56. The first-order valence-corrected chi connectivity index (χ1v) is 10.3. The van der Waals surface area contributed by atoms with Crippen LogP contribution in [-0.4, -0.2) is 40.1 Å². The Morgan fingerprint density at radius 2 is 1.83 bits per heavy atom. The van der Waals surface area contributed by atoms with Crippen molar-refractivity contribution in [3.63, 3.8) is 0 Å². The number of hydrogen-bond donors (Lipinski definition) is 1. The van der Waals surface area contributed by atoms with Gasteiger partial charge in [0.2, 0.25) is 5.91 Å². The lowest BCUT2D eigenvalue weighted by Gasteiger charge is -2.32. The Labute approximate surface area is 170 Å². The number of piperidine rings is 1. The molecule has 1 aromatic heterocycles. The molecule has 1 fully saturated rings. The topological polar surface area (TPSA) is 67.3 Å². The quantitative estimate of drug-likeness (QED) is 0.650. The highest BCUT2D eigenvalue weighted by Crippen LogP contribution is 2.25. The lowest BCUT2D eigenvalue weighted by atomic mass is 10.0. The first-order chi connectivity index (χ1) is 14.1. The van der Waals surface area contributed by atoms with Crippen LogP contribution >= 0.6 is 0 Å². The van der Waals surface area contributed by atoms with E-state index in [4.69, 9.17) is 4.74 Å². The van der Waals surface area contributed by atoms with Gasteiger partial charge in [-0.15, -0.1) is 0 Å². The molecule has 1 N–H and O–H groups in total. The molecular formula is C23H27N3O3. The Morgan fingerprint density at radius 3 is 2.59 bits per heavy atom. The Hall–Kier alpha value is -3.02. The van der Waals surface area contributed by atoms with Crippen LogP contribution in [0.25, 0.3) is 11.0 Å². The summed E-state index contributed by atoms with van der Waals surface area (Å²) in [6, 6.07) is 15.8. The summed E-state index contributed by atoms with van der Waals surface area (Å²) in [5, 5.41) is 0. The van der Waals surface area contributed by atoms with Gasteiger partial charge in [0.05, 0.1) is 17.6 Å². The van der Waals surface area contributed by atoms with Crippen LogP contribution in [0, 0.1) is 6.92 Å². The van der Waals surface area contributed by atoms with Crippen LogP contribution < -0.4 is 10.4 Å². The van der Waals surface area contributed by atoms with E-state index in [1.807, 2.05) is 64.9 Å². The molecule has 2 heterocycles. The van der Waals surface area contributed by atoms with Gasteiger partial charge in [-0.3, -0.25) is 9.36 Å². The number of aryl methyl sites for hydroxylation is 1. The maximum Gasteiger partial charge on any atom is 0.326 e. The summed E-state index contributed by atoms with van der Waals surface area (Å²) in [7, 11) is 0. The van der Waals surface area contributed by atoms with Crippen molar-refractivity contribution in [2.45, 2.75) is 38.6 Å². The average Bonchev–Trinajstić information content (AvgIpc) is 3.08. The number of fused-ring (bicyclic) bond motifs is 1. The number of ether oxygens (including phenoxy) is 1. The number of nitrogens with zero attached hydrogens (tertiary/aromatic N) is 2. The number of rotatable bonds is 6. The lowest BCUT2D eigenvalue weighted by Crippen LogP contribution is -2.40. The zero-order chi connectivity index (χ0) is 20.2. The second-order valence-corrected chi connectivity index (χ2v) is 7.69. The number of hydrogen-bond acceptors (Lipinski definition) is 3. The van der Waals surface area contributed by atoms with E-state index in [1.54, 1.807) is 0 Å². The molecule has 2 aromatic carbocycles. The third-order valence-electron chi connectivity index (χ3n) is 5.63. The number of carbonyl (C=O) groups is 1. The number of aromatic nitrogens is 2. The highest BCUT2D eigenvalue weighted by atomic mass is 16.5. The summed E-state index contributed by atoms with van der Waals surface area (Å²) in [5.74, 6) is 1.01. The minimum absolute atomic E-state index is 0.0655. The van der Waals surface area contributed by atoms with E-state index < -0.39 is 0 Å². The largest absolute Gasteiger partial charge is 0.494 e. The van der Waals surface area contributed by atoms with Crippen molar-refractivity contribution in [3.05, 3.63) is 64.6 Å². The highest BCUT2D eigenvalue weighted by molar-refractivity contribution is 5.76. The van der Waals surface area contributed by atoms with Crippen molar-refractivity contribution in [2.75, 3.05) is 19.7 Å². The summed E-state index contributed by atoms with van der Waals surface area (Å²) in [6.07, 6.45) is 2.79. The minimum atomic E-state index is -0.0655. The van der Waals surface area contributed by atoms with Crippen LogP contribution in [0.3, 0.4) is 0 Å². The number of imidazole rings is 1. The van der Waals surface area contributed by atoms with Crippen LogP contribution in [-0.2, 0) is 4.79 Å². The van der Waals surface area contributed by atoms with E-state index in [1.165, 1.54) is 5.56 Å². The Kier molecular flexibility index (Phi) is 5.69. The van der Waals surface area contributed by atoms with Crippen molar-refractivity contribution in [3.8, 4) is 5.75 Å². The number of amides is 1. The van der Waals surface area contributed by atoms with Gasteiger partial charge in [0.1, 0.15) is 5.75 Å². The van der Waals surface area contributed by atoms with E-state index in [9.17, 15) is 9.59 Å². The molecular weight excluding hydrogens is 366 g/mol. The molecule has 3 aromatic rings. The maximum absolute atomic E-state index is 12.5. The monoisotopic (exact) mass is 393 g/mol. The average molecular weight is 393 g/mol. The van der Waals surface area contributed by atoms with Gasteiger partial charge < -0.3 is 14.6 Å². The van der Waals surface area contributed by atoms with E-state index in [2.05, 4.69) is 4.98 Å². The molecule has 1 aliphatic rings. The number of likely N-dealkylation sites (tertiary alicyclic amines) is 1. The first kappa shape index (κ1) is 19.3. The summed E-state index contributed by atoms with van der Waals surface area (Å²) in [6.45, 7) is 3.96. The molecule has 0 unspecified atom stereocenters. The molecule has 29 heavy (non-hydrogen) atoms. The molecule has 0 spiro atoms. The molecule has 1 amide bonds. The highest BCUT2D eigenvalue weighted by Gasteiger charge is 2.25. The molecule has 6 heteroatoms. The number of carbonyl (C=O) groups excluding carboxylic acids is 1. The zero-order valence-electron chi connectivity index (χ0n) is 16.8.